The molecule has 0 aromatic heterocycles. The molecule has 0 atom stereocenters. The molecular weight excluding hydrogens is 413 g/mol. The number of benzene rings is 1. The van der Waals surface area contributed by atoms with Gasteiger partial charge in [-0.05, 0) is 18.2 Å². The Hall–Kier alpha value is -1.23. The molecule has 0 radical (unpaired) electrons. The van der Waals surface area contributed by atoms with Gasteiger partial charge in [-0.2, -0.15) is 26.3 Å². The van der Waals surface area contributed by atoms with E-state index in [2.05, 4.69) is 0 Å². The molecule has 1 aromatic rings. The highest BCUT2D eigenvalue weighted by molar-refractivity contribution is 6.36. The lowest BCUT2D eigenvalue weighted by Crippen LogP contribution is -3.28. The van der Waals surface area contributed by atoms with Crippen molar-refractivity contribution < 1.29 is 40.8 Å². The number of halogens is 8. The Morgan fingerprint density at radius 1 is 1.04 bits per heavy atom. The second-order valence-corrected chi connectivity index (χ2v) is 6.38. The highest BCUT2D eigenvalue weighted by Gasteiger charge is 2.79. The van der Waals surface area contributed by atoms with E-state index in [4.69, 9.17) is 27.9 Å². The van der Waals surface area contributed by atoms with E-state index in [0.29, 0.717) is 0 Å². The van der Waals surface area contributed by atoms with Crippen molar-refractivity contribution in [2.75, 3.05) is 26.3 Å². The highest BCUT2D eigenvalue weighted by atomic mass is 35.5. The van der Waals surface area contributed by atoms with Crippen LogP contribution in [0.3, 0.4) is 0 Å². The van der Waals surface area contributed by atoms with Crippen molar-refractivity contribution in [3.8, 4) is 0 Å². The van der Waals surface area contributed by atoms with Gasteiger partial charge >= 0.3 is 18.0 Å². The fraction of sp³-hybridized carbons (Fsp3) is 0.500. The second-order valence-electron chi connectivity index (χ2n) is 5.54. The number of quaternary nitrogens is 1. The Balaban J connectivity index is 2.51. The number of ether oxygens (including phenoxy) is 1. The lowest BCUT2D eigenvalue weighted by Gasteiger charge is -2.43. The van der Waals surface area contributed by atoms with E-state index in [0.717, 1.165) is 23.5 Å². The molecule has 1 amide bonds. The fourth-order valence-electron chi connectivity index (χ4n) is 2.70. The third-order valence-corrected chi connectivity index (χ3v) is 4.50. The van der Waals surface area contributed by atoms with Gasteiger partial charge in [0, 0.05) is 5.02 Å². The number of carbonyl (C=O) groups excluding carboxylic acids is 1. The van der Waals surface area contributed by atoms with Crippen LogP contribution in [0.1, 0.15) is 10.4 Å². The molecule has 2 rings (SSSR count). The summed E-state index contributed by atoms with van der Waals surface area (Å²) in [5, 5.41) is 0.850. The van der Waals surface area contributed by atoms with Gasteiger partial charge in [0.15, 0.2) is 0 Å². The maximum atomic E-state index is 13.6. The lowest BCUT2D eigenvalue weighted by molar-refractivity contribution is -0.989. The summed E-state index contributed by atoms with van der Waals surface area (Å²) in [4.78, 5) is 11.3. The number of hydrogen-bond donors (Lipinski definition) is 2. The Morgan fingerprint density at radius 3 is 2.04 bits per heavy atom. The number of nitrogens with one attached hydrogen (secondary N) is 2. The third kappa shape index (κ3) is 3.88. The van der Waals surface area contributed by atoms with Crippen molar-refractivity contribution in [2.45, 2.75) is 18.0 Å². The maximum Gasteiger partial charge on any atom is 0.475 e. The summed E-state index contributed by atoms with van der Waals surface area (Å²) in [6.07, 6.45) is -11.6. The van der Waals surface area contributed by atoms with Crippen LogP contribution in [0.5, 0.6) is 0 Å². The van der Waals surface area contributed by atoms with Crippen LogP contribution in [-0.4, -0.2) is 50.2 Å². The van der Waals surface area contributed by atoms with Gasteiger partial charge in [0.2, 0.25) is 0 Å². The van der Waals surface area contributed by atoms with Gasteiger partial charge in [0.1, 0.15) is 13.1 Å². The summed E-state index contributed by atoms with van der Waals surface area (Å²) in [6, 6.07) is 3.13. The summed E-state index contributed by atoms with van der Waals surface area (Å²) in [5.74, 6) is -1.61. The molecule has 146 valence electrons. The van der Waals surface area contributed by atoms with Gasteiger partial charge in [0.25, 0.3) is 5.91 Å². The van der Waals surface area contributed by atoms with Crippen LogP contribution in [0.15, 0.2) is 18.2 Å². The van der Waals surface area contributed by atoms with Crippen molar-refractivity contribution in [2.24, 2.45) is 0 Å². The van der Waals surface area contributed by atoms with Crippen LogP contribution in [-0.2, 0) is 4.74 Å². The zero-order valence-corrected chi connectivity index (χ0v) is 14.4. The van der Waals surface area contributed by atoms with Gasteiger partial charge in [-0.3, -0.25) is 15.0 Å². The topological polar surface area (TPSA) is 42.8 Å². The molecule has 1 aromatic carbocycles. The van der Waals surface area contributed by atoms with Crippen molar-refractivity contribution in [1.82, 2.24) is 5.32 Å². The first-order chi connectivity index (χ1) is 11.9. The fourth-order valence-corrected chi connectivity index (χ4v) is 3.19. The van der Waals surface area contributed by atoms with Crippen LogP contribution in [0.4, 0.5) is 26.3 Å². The number of carbonyl (C=O) groups is 1. The first-order valence-corrected chi connectivity index (χ1v) is 7.99. The Kier molecular flexibility index (Phi) is 6.01. The highest BCUT2D eigenvalue weighted by Crippen LogP contribution is 2.39. The smallest absolute Gasteiger partial charge is 0.370 e. The Labute approximate surface area is 154 Å². The molecule has 1 heterocycles. The predicted octanol–water partition coefficient (Wildman–Crippen LogP) is 2.46. The van der Waals surface area contributed by atoms with Crippen LogP contribution in [0, 0.1) is 0 Å². The van der Waals surface area contributed by atoms with E-state index in [-0.39, 0.29) is 23.3 Å². The molecule has 1 fully saturated rings. The van der Waals surface area contributed by atoms with E-state index >= 15 is 0 Å². The number of amides is 1. The molecule has 0 saturated carbocycles. The zero-order valence-electron chi connectivity index (χ0n) is 12.9. The van der Waals surface area contributed by atoms with Crippen LogP contribution in [0.25, 0.3) is 0 Å². The number of hydrogen-bond acceptors (Lipinski definition) is 2. The average molecular weight is 426 g/mol. The Bertz CT molecular complexity index is 660. The first-order valence-electron chi connectivity index (χ1n) is 7.24. The van der Waals surface area contributed by atoms with Gasteiger partial charge in [-0.15, -0.1) is 0 Å². The molecule has 0 unspecified atom stereocenters. The summed E-state index contributed by atoms with van der Waals surface area (Å²) >= 11 is 11.4. The maximum absolute atomic E-state index is 13.6. The SMILES string of the molecule is O=C(NC([NH+]1CCOCC1)(C(F)(F)F)C(F)(F)F)c1ccc(Cl)cc1Cl. The van der Waals surface area contributed by atoms with Gasteiger partial charge < -0.3 is 4.74 Å². The summed E-state index contributed by atoms with van der Waals surface area (Å²) in [6.45, 7) is -1.79. The van der Waals surface area contributed by atoms with Crippen molar-refractivity contribution in [3.63, 3.8) is 0 Å². The zero-order chi connectivity index (χ0) is 19.8. The van der Waals surface area contributed by atoms with Crippen LogP contribution >= 0.6 is 23.2 Å². The van der Waals surface area contributed by atoms with Crippen molar-refractivity contribution in [3.05, 3.63) is 33.8 Å². The summed E-state index contributed by atoms with van der Waals surface area (Å²) in [7, 11) is 0. The first kappa shape index (κ1) is 21.1. The number of morpholine rings is 1. The normalized spacial score (nSPS) is 17.2. The van der Waals surface area contributed by atoms with E-state index < -0.39 is 47.5 Å². The lowest BCUT2D eigenvalue weighted by atomic mass is 10.0. The minimum absolute atomic E-state index is 0.0725. The number of alkyl halides is 6. The minimum Gasteiger partial charge on any atom is -0.370 e. The van der Waals surface area contributed by atoms with Gasteiger partial charge in [-0.25, -0.2) is 0 Å². The molecule has 26 heavy (non-hydrogen) atoms. The van der Waals surface area contributed by atoms with Crippen molar-refractivity contribution >= 4 is 29.1 Å². The molecule has 0 bridgehead atoms. The van der Waals surface area contributed by atoms with E-state index in [1.165, 1.54) is 0 Å². The summed E-state index contributed by atoms with van der Waals surface area (Å²) < 4.78 is 86.7. The van der Waals surface area contributed by atoms with Gasteiger partial charge in [0.05, 0.1) is 23.8 Å². The molecule has 1 aliphatic rings. The molecule has 12 heteroatoms. The Morgan fingerprint density at radius 2 is 1.58 bits per heavy atom. The predicted molar refractivity (Wildman–Crippen MR) is 80.3 cm³/mol. The van der Waals surface area contributed by atoms with E-state index in [9.17, 15) is 31.1 Å². The van der Waals surface area contributed by atoms with E-state index in [1.807, 2.05) is 0 Å². The molecule has 0 aliphatic carbocycles. The van der Waals surface area contributed by atoms with Crippen LogP contribution < -0.4 is 10.2 Å². The standard InChI is InChI=1S/C14H12Cl2F6N2O2/c15-8-1-2-9(10(16)7-8)11(25)23-12(13(17,18)19,14(20,21)22)24-3-5-26-6-4-24/h1-2,7H,3-6H2,(H,23,25)/p+1. The summed E-state index contributed by atoms with van der Waals surface area (Å²) in [5.41, 5.74) is -5.05. The van der Waals surface area contributed by atoms with Crippen molar-refractivity contribution in [1.29, 1.82) is 0 Å². The quantitative estimate of drug-likeness (QED) is 0.730. The molecule has 1 saturated heterocycles. The largest absolute Gasteiger partial charge is 0.475 e. The second kappa shape index (κ2) is 7.41. The minimum atomic E-state index is -5.81. The number of rotatable bonds is 3. The molecular formula is C14H13Cl2F6N2O2+. The molecule has 4 nitrogen and oxygen atoms in total. The molecule has 2 N–H and O–H groups in total. The third-order valence-electron chi connectivity index (χ3n) is 3.95. The monoisotopic (exact) mass is 425 g/mol. The molecule has 0 spiro atoms. The van der Waals surface area contributed by atoms with E-state index in [1.54, 1.807) is 0 Å². The molecule has 1 aliphatic heterocycles. The van der Waals surface area contributed by atoms with Crippen LogP contribution in [0.2, 0.25) is 10.0 Å². The average Bonchev–Trinajstić information content (AvgIpc) is 2.50. The van der Waals surface area contributed by atoms with Gasteiger partial charge in [-0.1, -0.05) is 23.2 Å².